The number of hydrogen-bond donors (Lipinski definition) is 2. The molecule has 7 nitrogen and oxygen atoms in total. The molecule has 0 bridgehead atoms. The Hall–Kier alpha value is -5.04. The van der Waals surface area contributed by atoms with Gasteiger partial charge in [-0.15, -0.1) is 0 Å². The molecule has 0 atom stereocenters. The van der Waals surface area contributed by atoms with Crippen molar-refractivity contribution in [3.63, 3.8) is 0 Å². The van der Waals surface area contributed by atoms with Gasteiger partial charge in [-0.1, -0.05) is 54.6 Å². The van der Waals surface area contributed by atoms with Crippen LogP contribution in [0.15, 0.2) is 90.0 Å². The van der Waals surface area contributed by atoms with Crippen LogP contribution < -0.4 is 5.56 Å². The van der Waals surface area contributed by atoms with Gasteiger partial charge in [0.1, 0.15) is 0 Å². The van der Waals surface area contributed by atoms with Crippen molar-refractivity contribution in [3.05, 3.63) is 118 Å². The molecule has 0 aliphatic carbocycles. The summed E-state index contributed by atoms with van der Waals surface area (Å²) in [5.74, 6) is -2.76. The third kappa shape index (κ3) is 7.37. The van der Waals surface area contributed by atoms with Gasteiger partial charge in [0.25, 0.3) is 5.56 Å². The van der Waals surface area contributed by atoms with Crippen LogP contribution in [0.3, 0.4) is 0 Å². The number of pyridine rings is 3. The number of aromatic amines is 1. The number of H-pyrrole nitrogens is 1. The number of halogens is 6. The average Bonchev–Trinajstić information content (AvgIpc) is 3.00. The molecule has 0 saturated carbocycles. The van der Waals surface area contributed by atoms with E-state index in [-0.39, 0.29) is 5.56 Å². The Labute approximate surface area is 251 Å². The van der Waals surface area contributed by atoms with Crippen LogP contribution >= 0.6 is 0 Å². The van der Waals surface area contributed by atoms with Crippen molar-refractivity contribution < 1.29 is 36.2 Å². The van der Waals surface area contributed by atoms with Gasteiger partial charge >= 0.3 is 18.3 Å². The predicted molar refractivity (Wildman–Crippen MR) is 154 cm³/mol. The summed E-state index contributed by atoms with van der Waals surface area (Å²) < 4.78 is 71.2. The normalized spacial score (nSPS) is 13.6. The average molecular weight is 627 g/mol. The second-order valence-corrected chi connectivity index (χ2v) is 10.3. The molecule has 0 saturated heterocycles. The molecular formula is C32H24F6N4O3. The first kappa shape index (κ1) is 31.4. The lowest BCUT2D eigenvalue weighted by atomic mass is 9.97. The van der Waals surface area contributed by atoms with Crippen molar-refractivity contribution in [3.8, 4) is 22.4 Å². The number of aliphatic carboxylic acids is 1. The summed E-state index contributed by atoms with van der Waals surface area (Å²) in [5, 5.41) is 7.65. The number of benzene rings is 2. The number of nitrogens with one attached hydrogen (secondary N) is 1. The highest BCUT2D eigenvalue weighted by Crippen LogP contribution is 2.34. The van der Waals surface area contributed by atoms with E-state index < -0.39 is 23.9 Å². The van der Waals surface area contributed by atoms with Crippen LogP contribution in [0.5, 0.6) is 0 Å². The Morgan fingerprint density at radius 3 is 2.27 bits per heavy atom. The number of carboxylic acid groups (broad SMARTS) is 1. The van der Waals surface area contributed by atoms with Crippen LogP contribution in [-0.2, 0) is 30.5 Å². The molecule has 3 aromatic heterocycles. The Morgan fingerprint density at radius 2 is 1.62 bits per heavy atom. The van der Waals surface area contributed by atoms with Crippen molar-refractivity contribution in [2.45, 2.75) is 31.9 Å². The Morgan fingerprint density at radius 1 is 0.933 bits per heavy atom. The molecule has 0 fully saturated rings. The second kappa shape index (κ2) is 12.5. The molecule has 1 aliphatic heterocycles. The van der Waals surface area contributed by atoms with E-state index in [0.29, 0.717) is 36.0 Å². The van der Waals surface area contributed by atoms with E-state index in [0.717, 1.165) is 46.4 Å². The van der Waals surface area contributed by atoms with E-state index in [4.69, 9.17) is 14.9 Å². The summed E-state index contributed by atoms with van der Waals surface area (Å²) in [6.07, 6.45) is -6.35. The van der Waals surface area contributed by atoms with E-state index in [1.807, 2.05) is 60.7 Å². The first-order valence-electron chi connectivity index (χ1n) is 13.5. The number of fused-ring (bicyclic) bond motifs is 2. The standard InChI is InChI=1S/C30H23F3N4O.C2HF3O2/c31-30(32,33)23-14-22-18-37(13-11-26(22)35-16-23)17-19-6-8-21(9-7-19)28-24(20-4-2-1-3-5-20)15-25-27(36-28)10-12-34-29(25)38;3-2(4,5)1(6)7/h1-10,12,14-16H,11,13,17-18H2,(H,34,38);(H,6,7). The molecule has 2 N–H and O–H groups in total. The van der Waals surface area contributed by atoms with Gasteiger partial charge in [-0.05, 0) is 34.9 Å². The molecule has 0 amide bonds. The number of alkyl halides is 6. The molecule has 1 aliphatic rings. The summed E-state index contributed by atoms with van der Waals surface area (Å²) in [4.78, 5) is 35.1. The lowest BCUT2D eigenvalue weighted by molar-refractivity contribution is -0.192. The summed E-state index contributed by atoms with van der Waals surface area (Å²) in [6, 6.07) is 22.8. The fourth-order valence-corrected chi connectivity index (χ4v) is 4.97. The highest BCUT2D eigenvalue weighted by atomic mass is 19.4. The summed E-state index contributed by atoms with van der Waals surface area (Å²) >= 11 is 0. The third-order valence-electron chi connectivity index (χ3n) is 7.16. The van der Waals surface area contributed by atoms with Crippen LogP contribution in [-0.4, -0.2) is 43.6 Å². The Bertz CT molecular complexity index is 1890. The highest BCUT2D eigenvalue weighted by molar-refractivity contribution is 5.91. The zero-order valence-corrected chi connectivity index (χ0v) is 23.3. The fourth-order valence-electron chi connectivity index (χ4n) is 4.97. The van der Waals surface area contributed by atoms with Crippen LogP contribution in [0.25, 0.3) is 33.3 Å². The summed E-state index contributed by atoms with van der Waals surface area (Å²) in [6.45, 7) is 1.76. The molecule has 0 radical (unpaired) electrons. The van der Waals surface area contributed by atoms with E-state index >= 15 is 0 Å². The van der Waals surface area contributed by atoms with Crippen molar-refractivity contribution >= 4 is 16.9 Å². The van der Waals surface area contributed by atoms with Crippen molar-refractivity contribution in [1.82, 2.24) is 19.9 Å². The van der Waals surface area contributed by atoms with Gasteiger partial charge in [0.05, 0.1) is 22.2 Å². The minimum Gasteiger partial charge on any atom is -0.475 e. The van der Waals surface area contributed by atoms with Gasteiger partial charge in [-0.2, -0.15) is 26.3 Å². The molecule has 5 aromatic rings. The lowest BCUT2D eigenvalue weighted by Crippen LogP contribution is -2.31. The molecule has 232 valence electrons. The Balaban J connectivity index is 0.000000515. The maximum absolute atomic E-state index is 13.1. The fraction of sp³-hybridized carbons (Fsp3) is 0.188. The maximum Gasteiger partial charge on any atom is 0.490 e. The first-order chi connectivity index (χ1) is 21.3. The topological polar surface area (TPSA) is 99.2 Å². The zero-order valence-electron chi connectivity index (χ0n) is 23.3. The van der Waals surface area contributed by atoms with Crippen molar-refractivity contribution in [1.29, 1.82) is 0 Å². The van der Waals surface area contributed by atoms with Gasteiger partial charge in [0.15, 0.2) is 0 Å². The van der Waals surface area contributed by atoms with Gasteiger partial charge in [0.2, 0.25) is 0 Å². The quantitative estimate of drug-likeness (QED) is 0.212. The predicted octanol–water partition coefficient (Wildman–Crippen LogP) is 6.86. The van der Waals surface area contributed by atoms with Crippen LogP contribution in [0.1, 0.15) is 22.4 Å². The molecule has 0 spiro atoms. The lowest BCUT2D eigenvalue weighted by Gasteiger charge is -2.28. The molecular weight excluding hydrogens is 602 g/mol. The molecule has 4 heterocycles. The second-order valence-electron chi connectivity index (χ2n) is 10.3. The van der Waals surface area contributed by atoms with Gasteiger partial charge in [0, 0.05) is 55.3 Å². The number of hydrogen-bond acceptors (Lipinski definition) is 5. The maximum atomic E-state index is 13.1. The first-order valence-corrected chi connectivity index (χ1v) is 13.5. The van der Waals surface area contributed by atoms with Crippen LogP contribution in [0.4, 0.5) is 26.3 Å². The molecule has 0 unspecified atom stereocenters. The largest absolute Gasteiger partial charge is 0.490 e. The molecule has 6 rings (SSSR count). The number of nitrogens with zero attached hydrogens (tertiary/aromatic N) is 3. The van der Waals surface area contributed by atoms with E-state index in [1.54, 1.807) is 12.3 Å². The van der Waals surface area contributed by atoms with Crippen molar-refractivity contribution in [2.24, 2.45) is 0 Å². The SMILES string of the molecule is O=C(O)C(F)(F)F.O=c1[nH]ccc2nc(-c3ccc(CN4CCc5ncc(C(F)(F)F)cc5C4)cc3)c(-c3ccccc3)cc12. The summed E-state index contributed by atoms with van der Waals surface area (Å²) in [5.41, 5.74) is 5.66. The van der Waals surface area contributed by atoms with Gasteiger partial charge in [-0.3, -0.25) is 14.7 Å². The smallest absolute Gasteiger partial charge is 0.475 e. The monoisotopic (exact) mass is 626 g/mol. The number of carboxylic acids is 1. The number of aromatic nitrogens is 3. The molecule has 2 aromatic carbocycles. The van der Waals surface area contributed by atoms with E-state index in [9.17, 15) is 31.1 Å². The van der Waals surface area contributed by atoms with E-state index in [2.05, 4.69) is 14.9 Å². The minimum atomic E-state index is -5.08. The number of carbonyl (C=O) groups is 1. The van der Waals surface area contributed by atoms with Crippen LogP contribution in [0.2, 0.25) is 0 Å². The van der Waals surface area contributed by atoms with Gasteiger partial charge in [-0.25, -0.2) is 9.78 Å². The molecule has 13 heteroatoms. The van der Waals surface area contributed by atoms with Crippen molar-refractivity contribution in [2.75, 3.05) is 6.54 Å². The molecule has 45 heavy (non-hydrogen) atoms. The minimum absolute atomic E-state index is 0.185. The van der Waals surface area contributed by atoms with Gasteiger partial charge < -0.3 is 10.1 Å². The zero-order chi connectivity index (χ0) is 32.4. The van der Waals surface area contributed by atoms with Crippen LogP contribution in [0, 0.1) is 0 Å². The Kier molecular flexibility index (Phi) is 8.73. The highest BCUT2D eigenvalue weighted by Gasteiger charge is 2.38. The third-order valence-corrected chi connectivity index (χ3v) is 7.16. The van der Waals surface area contributed by atoms with E-state index in [1.165, 1.54) is 6.07 Å². The number of rotatable bonds is 4. The summed E-state index contributed by atoms with van der Waals surface area (Å²) in [7, 11) is 0.